The van der Waals surface area contributed by atoms with Crippen molar-refractivity contribution in [1.29, 1.82) is 0 Å². The molecule has 10 aromatic rings. The van der Waals surface area contributed by atoms with Gasteiger partial charge in [-0.1, -0.05) is 62.4 Å². The van der Waals surface area contributed by atoms with E-state index in [1.165, 1.54) is 0 Å². The Morgan fingerprint density at radius 1 is 0.614 bits per heavy atom. The van der Waals surface area contributed by atoms with E-state index in [4.69, 9.17) is 4.98 Å². The molecule has 6 heteroatoms. The molecule has 0 fully saturated rings. The molecule has 0 aliphatic carbocycles. The molecule has 6 nitrogen and oxygen atoms in total. The Hall–Kier alpha value is -5.88. The van der Waals surface area contributed by atoms with Gasteiger partial charge in [-0.2, -0.15) is 4.57 Å². The normalized spacial score (nSPS) is 12.9. The van der Waals surface area contributed by atoms with E-state index in [0.29, 0.717) is 16.6 Å². The van der Waals surface area contributed by atoms with Crippen LogP contribution >= 0.6 is 0 Å². The third-order valence-electron chi connectivity index (χ3n) is 9.45. The number of rotatable bonds is 0. The molecule has 0 amide bonds. The molecule has 1 aliphatic rings. The number of nitrogens with one attached hydrogen (secondary N) is 1. The summed E-state index contributed by atoms with van der Waals surface area (Å²) in [5, 5.41) is 10.00. The maximum atomic E-state index is 14.0. The number of para-hydroxylation sites is 4. The van der Waals surface area contributed by atoms with Gasteiger partial charge in [0, 0.05) is 21.5 Å². The first-order valence-corrected chi connectivity index (χ1v) is 15.0. The van der Waals surface area contributed by atoms with E-state index in [1.807, 2.05) is 74.5 Å². The molecule has 0 atom stereocenters. The zero-order valence-electron chi connectivity index (χ0n) is 23.9. The highest BCUT2D eigenvalue weighted by molar-refractivity contribution is 6.39. The zero-order chi connectivity index (χ0) is 29.4. The van der Waals surface area contributed by atoms with Gasteiger partial charge in [0.1, 0.15) is 5.65 Å². The number of H-pyrrole nitrogens is 1. The molecule has 4 heterocycles. The van der Waals surface area contributed by atoms with Crippen molar-refractivity contribution in [2.45, 2.75) is 13.8 Å². The van der Waals surface area contributed by atoms with Crippen LogP contribution < -0.4 is 10.1 Å². The molecule has 0 radical (unpaired) electrons. The summed E-state index contributed by atoms with van der Waals surface area (Å²) >= 11 is 0. The van der Waals surface area contributed by atoms with Crippen molar-refractivity contribution in [3.05, 3.63) is 113 Å². The van der Waals surface area contributed by atoms with Crippen LogP contribution in [0.1, 0.15) is 24.2 Å². The Morgan fingerprint density at radius 3 is 2.00 bits per heavy atom. The molecule has 0 saturated heterocycles. The van der Waals surface area contributed by atoms with Gasteiger partial charge >= 0.3 is 5.91 Å². The van der Waals surface area contributed by atoms with Crippen LogP contribution in [-0.4, -0.2) is 20.3 Å². The van der Waals surface area contributed by atoms with E-state index in [9.17, 15) is 9.59 Å². The smallest absolute Gasteiger partial charge is 0.268 e. The van der Waals surface area contributed by atoms with Crippen LogP contribution in [-0.2, 0) is 0 Å². The van der Waals surface area contributed by atoms with Gasteiger partial charge in [0.15, 0.2) is 11.0 Å². The predicted octanol–water partition coefficient (Wildman–Crippen LogP) is 7.95. The van der Waals surface area contributed by atoms with Crippen molar-refractivity contribution in [2.24, 2.45) is 0 Å². The van der Waals surface area contributed by atoms with Gasteiger partial charge in [0.2, 0.25) is 0 Å². The summed E-state index contributed by atoms with van der Waals surface area (Å²) in [6.45, 7) is 4.00. The molecule has 11 rings (SSSR count). The quantitative estimate of drug-likeness (QED) is 0.115. The summed E-state index contributed by atoms with van der Waals surface area (Å²) in [5.74, 6) is 0.775. The maximum Gasteiger partial charge on any atom is 0.347 e. The van der Waals surface area contributed by atoms with Gasteiger partial charge < -0.3 is 0 Å². The minimum atomic E-state index is -0.0556. The van der Waals surface area contributed by atoms with E-state index < -0.39 is 0 Å². The molecule has 0 bridgehead atoms. The lowest BCUT2D eigenvalue weighted by Gasteiger charge is -2.20. The van der Waals surface area contributed by atoms with Crippen LogP contribution in [0, 0.1) is 0 Å². The van der Waals surface area contributed by atoms with E-state index >= 15 is 0 Å². The van der Waals surface area contributed by atoms with Gasteiger partial charge in [0.05, 0.1) is 22.2 Å². The molecule has 3 aromatic heterocycles. The summed E-state index contributed by atoms with van der Waals surface area (Å²) < 4.78 is 3.55. The van der Waals surface area contributed by atoms with Crippen LogP contribution in [0.15, 0.2) is 102 Å². The summed E-state index contributed by atoms with van der Waals surface area (Å²) in [7, 11) is 0. The van der Waals surface area contributed by atoms with Crippen molar-refractivity contribution in [3.8, 4) is 11.4 Å². The van der Waals surface area contributed by atoms with Gasteiger partial charge in [-0.25, -0.2) is 14.8 Å². The highest BCUT2D eigenvalue weighted by atomic mass is 16.2. The molecule has 0 saturated carbocycles. The molecule has 1 N–H and O–H groups in total. The number of aromatic nitrogens is 4. The van der Waals surface area contributed by atoms with Gasteiger partial charge in [-0.15, -0.1) is 0 Å². The predicted molar refractivity (Wildman–Crippen MR) is 177 cm³/mol. The Kier molecular flexibility index (Phi) is 4.27. The summed E-state index contributed by atoms with van der Waals surface area (Å²) in [5.41, 5.74) is 5.77. The van der Waals surface area contributed by atoms with Crippen molar-refractivity contribution in [2.75, 3.05) is 0 Å². The lowest BCUT2D eigenvalue weighted by atomic mass is 9.84. The van der Waals surface area contributed by atoms with Crippen molar-refractivity contribution >= 4 is 87.5 Å². The third kappa shape index (κ3) is 2.55. The average Bonchev–Trinajstić information content (AvgIpc) is 3.66. The summed E-state index contributed by atoms with van der Waals surface area (Å²) in [6, 6.07) is 32.4. The van der Waals surface area contributed by atoms with Crippen LogP contribution in [0.25, 0.3) is 93.0 Å². The minimum Gasteiger partial charge on any atom is -0.268 e. The molecule has 44 heavy (non-hydrogen) atoms. The topological polar surface area (TPSA) is 71.1 Å². The number of fused-ring (bicyclic) bond motifs is 10. The molecular weight excluding hydrogens is 544 g/mol. The highest BCUT2D eigenvalue weighted by Crippen LogP contribution is 2.46. The van der Waals surface area contributed by atoms with Crippen LogP contribution in [0.4, 0.5) is 0 Å². The number of hydrogen-bond acceptors (Lipinski definition) is 3. The number of carbonyl (C=O) groups excluding carboxylic acids is 1. The average molecular weight is 568 g/mol. The standard InChI is InChI=1S/C36H16N4O2.C2H6/c41-35-23-15-11-19-20-12-16-24-32-22(34-38-26-6-2-4-8-28(26)40(34)36(24)42)14-10-18(30(20)32)17-9-13-21(31(23)29(17)19)33-37-25-5-1-3-7-27(25)39(33)35;1-2/h1-16H;1-2H3/p+1. The molecule has 206 valence electrons. The number of carbonyl (C=O) groups is 1. The van der Waals surface area contributed by atoms with Crippen LogP contribution in [0.5, 0.6) is 0 Å². The third-order valence-corrected chi connectivity index (χ3v) is 9.45. The summed E-state index contributed by atoms with van der Waals surface area (Å²) in [6.07, 6.45) is 0. The fourth-order valence-electron chi connectivity index (χ4n) is 7.76. The van der Waals surface area contributed by atoms with Gasteiger partial charge in [0.25, 0.3) is 11.4 Å². The van der Waals surface area contributed by atoms with E-state index in [-0.39, 0.29) is 11.5 Å². The molecule has 0 spiro atoms. The van der Waals surface area contributed by atoms with Gasteiger partial charge in [-0.3, -0.25) is 9.20 Å². The van der Waals surface area contributed by atoms with Crippen LogP contribution in [0.3, 0.4) is 0 Å². The SMILES string of the molecule is CC.O=C1c2ccc3c4ccc5c(=O)n6c7ccccc7nc6c6ccc(c7ccc(c2c37)-c2[nH]c3ccccc3[n+]21)c4c56. The van der Waals surface area contributed by atoms with Crippen molar-refractivity contribution < 1.29 is 9.36 Å². The highest BCUT2D eigenvalue weighted by Gasteiger charge is 2.36. The Labute approximate surface area is 249 Å². The minimum absolute atomic E-state index is 0.0285. The van der Waals surface area contributed by atoms with Gasteiger partial charge in [-0.05, 0) is 80.8 Å². The number of benzene rings is 7. The molecule has 0 unspecified atom stereocenters. The number of aromatic amines is 1. The number of nitrogens with zero attached hydrogens (tertiary/aromatic N) is 3. The van der Waals surface area contributed by atoms with E-state index in [2.05, 4.69) is 41.4 Å². The fraction of sp³-hybridized carbons (Fsp3) is 0.0526. The fourth-order valence-corrected chi connectivity index (χ4v) is 7.76. The van der Waals surface area contributed by atoms with Crippen molar-refractivity contribution in [3.63, 3.8) is 0 Å². The monoisotopic (exact) mass is 567 g/mol. The molecule has 7 aromatic carbocycles. The first-order valence-electron chi connectivity index (χ1n) is 15.0. The van der Waals surface area contributed by atoms with Crippen molar-refractivity contribution in [1.82, 2.24) is 14.4 Å². The largest absolute Gasteiger partial charge is 0.347 e. The van der Waals surface area contributed by atoms with E-state index in [0.717, 1.165) is 81.9 Å². The lowest BCUT2D eigenvalue weighted by Crippen LogP contribution is -2.46. The maximum absolute atomic E-state index is 14.0. The van der Waals surface area contributed by atoms with Crippen LogP contribution in [0.2, 0.25) is 0 Å². The first kappa shape index (κ1) is 23.7. The second-order valence-corrected chi connectivity index (χ2v) is 11.3. The van der Waals surface area contributed by atoms with E-state index in [1.54, 1.807) is 8.97 Å². The second-order valence-electron chi connectivity index (χ2n) is 11.3. The second kappa shape index (κ2) is 7.94. The molecular formula is C38H23N4O2+. The summed E-state index contributed by atoms with van der Waals surface area (Å²) in [4.78, 5) is 36.4. The lowest BCUT2D eigenvalue weighted by molar-refractivity contribution is -0.530. The number of pyridine rings is 1. The number of hydrogen-bond donors (Lipinski definition) is 1. The Morgan fingerprint density at radius 2 is 1.20 bits per heavy atom. The Balaban J connectivity index is 0.00000125. The zero-order valence-corrected chi connectivity index (χ0v) is 23.9. The molecule has 1 aliphatic heterocycles. The Bertz CT molecular complexity index is 2930. The number of imidazole rings is 2. The first-order chi connectivity index (χ1) is 21.7.